The highest BCUT2D eigenvalue weighted by Gasteiger charge is 2.51. The highest BCUT2D eigenvalue weighted by atomic mass is 19.1. The van der Waals surface area contributed by atoms with Crippen LogP contribution in [-0.4, -0.2) is 56.9 Å². The second kappa shape index (κ2) is 9.20. The molecule has 7 rings (SSSR count). The number of hydrogen-bond acceptors (Lipinski definition) is 6. The molecule has 4 fully saturated rings. The molecule has 0 radical (unpaired) electrons. The van der Waals surface area contributed by atoms with E-state index in [1.807, 2.05) is 30.3 Å². The Morgan fingerprint density at radius 2 is 2.00 bits per heavy atom. The van der Waals surface area contributed by atoms with E-state index in [1.165, 1.54) is 25.6 Å². The molecule has 3 aromatic rings. The van der Waals surface area contributed by atoms with Gasteiger partial charge in [-0.25, -0.2) is 9.37 Å². The lowest BCUT2D eigenvalue weighted by Gasteiger charge is -2.43. The van der Waals surface area contributed by atoms with Crippen molar-refractivity contribution in [3.63, 3.8) is 0 Å². The second-order valence-electron chi connectivity index (χ2n) is 12.2. The van der Waals surface area contributed by atoms with Gasteiger partial charge in [-0.3, -0.25) is 9.69 Å². The van der Waals surface area contributed by atoms with E-state index in [4.69, 9.17) is 9.72 Å². The lowest BCUT2D eigenvalue weighted by Crippen LogP contribution is -2.50. The molecule has 2 unspecified atom stereocenters. The Bertz CT molecular complexity index is 1410. The number of aromatic nitrogens is 4. The molecule has 1 aromatic carbocycles. The number of carbonyl (C=O) groups is 1. The first kappa shape index (κ1) is 24.8. The summed E-state index contributed by atoms with van der Waals surface area (Å²) < 4.78 is 22.9. The van der Waals surface area contributed by atoms with Gasteiger partial charge in [0.05, 0.1) is 18.6 Å². The number of hydrogen-bond donors (Lipinski definition) is 1. The Hall–Kier alpha value is -3.17. The first-order chi connectivity index (χ1) is 18.9. The minimum atomic E-state index is -1.38. The van der Waals surface area contributed by atoms with Crippen LogP contribution in [0.2, 0.25) is 0 Å². The van der Waals surface area contributed by atoms with E-state index in [0.29, 0.717) is 22.7 Å². The molecule has 1 amide bonds. The molecule has 204 valence electrons. The van der Waals surface area contributed by atoms with Gasteiger partial charge in [-0.1, -0.05) is 12.1 Å². The molecular weight excluding hydrogens is 495 g/mol. The van der Waals surface area contributed by atoms with E-state index < -0.39 is 11.6 Å². The highest BCUT2D eigenvalue weighted by molar-refractivity contribution is 6.03. The number of rotatable bonds is 8. The van der Waals surface area contributed by atoms with Crippen LogP contribution in [0.5, 0.6) is 0 Å². The van der Waals surface area contributed by atoms with E-state index in [9.17, 15) is 4.79 Å². The lowest BCUT2D eigenvalue weighted by molar-refractivity contribution is -0.102. The Balaban J connectivity index is 1.13. The third kappa shape index (κ3) is 4.45. The number of anilines is 1. The quantitative estimate of drug-likeness (QED) is 0.448. The minimum Gasteiger partial charge on any atom is -0.379 e. The Morgan fingerprint density at radius 3 is 2.64 bits per heavy atom. The maximum atomic E-state index is 15.8. The van der Waals surface area contributed by atoms with Crippen LogP contribution in [0.4, 0.5) is 10.1 Å². The Labute approximate surface area is 228 Å². The fraction of sp³-hybridized carbons (Fsp3) is 0.533. The monoisotopic (exact) mass is 530 g/mol. The second-order valence-corrected chi connectivity index (χ2v) is 12.2. The summed E-state index contributed by atoms with van der Waals surface area (Å²) in [7, 11) is 1.73. The molecule has 1 N–H and O–H groups in total. The van der Waals surface area contributed by atoms with Gasteiger partial charge in [-0.15, -0.1) is 10.2 Å². The molecular formula is C30H35FN6O2. The Kier molecular flexibility index (Phi) is 5.86. The number of alkyl halides is 1. The minimum absolute atomic E-state index is 0.239. The molecule has 2 aliphatic carbocycles. The standard InChI is InChI=1S/C30H35FN6O2/c1-19(37-11-10-29(15-37)8-9-29)21-12-24(20-6-7-20)34-25(13-21)28(38)33-23-5-3-4-22(14-23)30(16-39-17-30)26(31)27-35-32-18-36(27)2/h3-5,12-14,18-20,26H,6-11,15-17H2,1-2H3,(H,33,38). The van der Waals surface area contributed by atoms with Gasteiger partial charge in [0.25, 0.3) is 5.91 Å². The van der Waals surface area contributed by atoms with E-state index in [0.717, 1.165) is 42.8 Å². The third-order valence-electron chi connectivity index (χ3n) is 9.42. The molecule has 2 atom stereocenters. The summed E-state index contributed by atoms with van der Waals surface area (Å²) in [5.74, 6) is 0.467. The first-order valence-electron chi connectivity index (χ1n) is 14.1. The molecule has 8 nitrogen and oxygen atoms in total. The zero-order valence-corrected chi connectivity index (χ0v) is 22.6. The smallest absolute Gasteiger partial charge is 0.274 e. The summed E-state index contributed by atoms with van der Waals surface area (Å²) in [6.07, 6.45) is 6.35. The van der Waals surface area contributed by atoms with Crippen molar-refractivity contribution < 1.29 is 13.9 Å². The zero-order valence-electron chi connectivity index (χ0n) is 22.6. The molecule has 4 aliphatic rings. The first-order valence-corrected chi connectivity index (χ1v) is 14.1. The van der Waals surface area contributed by atoms with Crippen LogP contribution in [0.3, 0.4) is 0 Å². The molecule has 2 saturated heterocycles. The van der Waals surface area contributed by atoms with Crippen LogP contribution in [0.15, 0.2) is 42.7 Å². The lowest BCUT2D eigenvalue weighted by atomic mass is 9.74. The van der Waals surface area contributed by atoms with Crippen molar-refractivity contribution in [3.8, 4) is 0 Å². The van der Waals surface area contributed by atoms with Crippen molar-refractivity contribution in [1.29, 1.82) is 0 Å². The van der Waals surface area contributed by atoms with Crippen LogP contribution in [0, 0.1) is 5.41 Å². The summed E-state index contributed by atoms with van der Waals surface area (Å²) >= 11 is 0. The van der Waals surface area contributed by atoms with Gasteiger partial charge in [-0.05, 0) is 86.4 Å². The van der Waals surface area contributed by atoms with E-state index in [-0.39, 0.29) is 31.0 Å². The molecule has 2 aliphatic heterocycles. The van der Waals surface area contributed by atoms with Gasteiger partial charge in [-0.2, -0.15) is 0 Å². The number of aryl methyl sites for hydroxylation is 1. The number of nitrogens with zero attached hydrogens (tertiary/aromatic N) is 5. The van der Waals surface area contributed by atoms with Gasteiger partial charge in [0, 0.05) is 36.9 Å². The van der Waals surface area contributed by atoms with Gasteiger partial charge < -0.3 is 14.6 Å². The van der Waals surface area contributed by atoms with Gasteiger partial charge in [0.2, 0.25) is 0 Å². The predicted octanol–water partition coefficient (Wildman–Crippen LogP) is 4.87. The van der Waals surface area contributed by atoms with Crippen LogP contribution in [-0.2, 0) is 17.2 Å². The largest absolute Gasteiger partial charge is 0.379 e. The molecule has 9 heteroatoms. The van der Waals surface area contributed by atoms with Crippen LogP contribution < -0.4 is 5.32 Å². The predicted molar refractivity (Wildman–Crippen MR) is 144 cm³/mol. The van der Waals surface area contributed by atoms with E-state index in [2.05, 4.69) is 33.4 Å². The van der Waals surface area contributed by atoms with Gasteiger partial charge in [0.1, 0.15) is 12.0 Å². The number of carbonyl (C=O) groups excluding carboxylic acids is 1. The molecule has 39 heavy (non-hydrogen) atoms. The average Bonchev–Trinajstić information content (AvgIpc) is 3.81. The van der Waals surface area contributed by atoms with Crippen molar-refractivity contribution in [2.24, 2.45) is 12.5 Å². The third-order valence-corrected chi connectivity index (χ3v) is 9.42. The zero-order chi connectivity index (χ0) is 26.8. The fourth-order valence-corrected chi connectivity index (χ4v) is 6.27. The van der Waals surface area contributed by atoms with E-state index in [1.54, 1.807) is 11.6 Å². The van der Waals surface area contributed by atoms with Crippen molar-refractivity contribution >= 4 is 11.6 Å². The number of halogens is 1. The molecule has 4 heterocycles. The van der Waals surface area contributed by atoms with Crippen LogP contribution in [0.1, 0.15) is 90.3 Å². The topological polar surface area (TPSA) is 85.2 Å². The van der Waals surface area contributed by atoms with Crippen molar-refractivity contribution in [2.45, 2.75) is 62.6 Å². The number of benzene rings is 1. The van der Waals surface area contributed by atoms with Crippen molar-refractivity contribution in [2.75, 3.05) is 31.6 Å². The van der Waals surface area contributed by atoms with Crippen molar-refractivity contribution in [1.82, 2.24) is 24.6 Å². The number of ether oxygens (including phenoxy) is 1. The number of likely N-dealkylation sites (tertiary alicyclic amines) is 1. The SMILES string of the molecule is CC(c1cc(C(=O)Nc2cccc(C3(C(F)c4nncn4C)COC3)c2)nc(C2CC2)c1)N1CCC2(CC2)C1. The average molecular weight is 531 g/mol. The normalized spacial score (nSPS) is 22.8. The van der Waals surface area contributed by atoms with Crippen LogP contribution >= 0.6 is 0 Å². The number of pyridine rings is 1. The van der Waals surface area contributed by atoms with Crippen molar-refractivity contribution in [3.05, 3.63) is 71.1 Å². The summed E-state index contributed by atoms with van der Waals surface area (Å²) in [6.45, 7) is 5.00. The Morgan fingerprint density at radius 1 is 1.18 bits per heavy atom. The van der Waals surface area contributed by atoms with E-state index >= 15 is 4.39 Å². The summed E-state index contributed by atoms with van der Waals surface area (Å²) in [6, 6.07) is 11.8. The number of amides is 1. The summed E-state index contributed by atoms with van der Waals surface area (Å²) in [4.78, 5) is 20.9. The van der Waals surface area contributed by atoms with Gasteiger partial charge >= 0.3 is 0 Å². The molecule has 2 aromatic heterocycles. The maximum Gasteiger partial charge on any atom is 0.274 e. The van der Waals surface area contributed by atoms with Crippen LogP contribution in [0.25, 0.3) is 0 Å². The maximum absolute atomic E-state index is 15.8. The highest BCUT2D eigenvalue weighted by Crippen LogP contribution is 2.54. The summed E-state index contributed by atoms with van der Waals surface area (Å²) in [5.41, 5.74) is 3.68. The molecule has 1 spiro atoms. The van der Waals surface area contributed by atoms with Gasteiger partial charge in [0.15, 0.2) is 12.0 Å². The molecule has 2 saturated carbocycles. The summed E-state index contributed by atoms with van der Waals surface area (Å²) in [5, 5.41) is 10.9. The number of nitrogens with one attached hydrogen (secondary N) is 1. The molecule has 0 bridgehead atoms. The fourth-order valence-electron chi connectivity index (χ4n) is 6.27.